The molecule has 4 rings (SSSR count). The normalized spacial score (nSPS) is 30.3. The number of rotatable bonds is 14. The summed E-state index contributed by atoms with van der Waals surface area (Å²) in [5, 5.41) is 5.62. The molecule has 2 amide bonds. The van der Waals surface area contributed by atoms with Crippen molar-refractivity contribution in [2.24, 2.45) is 35.5 Å². The van der Waals surface area contributed by atoms with Crippen LogP contribution in [0.4, 0.5) is 0 Å². The lowest BCUT2D eigenvalue weighted by Crippen LogP contribution is -2.33. The summed E-state index contributed by atoms with van der Waals surface area (Å²) < 4.78 is 16.8. The first kappa shape index (κ1) is 26.0. The van der Waals surface area contributed by atoms with Crippen LogP contribution in [-0.2, 0) is 23.8 Å². The van der Waals surface area contributed by atoms with Gasteiger partial charge in [0.15, 0.2) is 0 Å². The van der Waals surface area contributed by atoms with Gasteiger partial charge in [-0.2, -0.15) is 0 Å². The molecule has 2 fully saturated rings. The van der Waals surface area contributed by atoms with Crippen LogP contribution in [0.1, 0.15) is 51.4 Å². The number of fused-ring (bicyclic) bond motifs is 2. The summed E-state index contributed by atoms with van der Waals surface area (Å²) in [6.45, 7) is 3.19. The third kappa shape index (κ3) is 8.53. The van der Waals surface area contributed by atoms with Crippen molar-refractivity contribution in [2.45, 2.75) is 51.4 Å². The molecule has 35 heavy (non-hydrogen) atoms. The minimum atomic E-state index is -0.116. The van der Waals surface area contributed by atoms with Crippen LogP contribution >= 0.6 is 0 Å². The number of carbonyl (C=O) groups is 2. The van der Waals surface area contributed by atoms with E-state index in [-0.39, 0.29) is 25.0 Å². The Morgan fingerprint density at radius 2 is 0.971 bits per heavy atom. The van der Waals surface area contributed by atoms with Gasteiger partial charge in [-0.15, -0.1) is 23.7 Å². The summed E-state index contributed by atoms with van der Waals surface area (Å²) in [6, 6.07) is 0. The Labute approximate surface area is 209 Å². The van der Waals surface area contributed by atoms with Crippen molar-refractivity contribution >= 4 is 11.8 Å². The zero-order valence-corrected chi connectivity index (χ0v) is 20.8. The summed E-state index contributed by atoms with van der Waals surface area (Å²) in [5.74, 6) is 16.8. The predicted octanol–water partition coefficient (Wildman–Crippen LogP) is 2.15. The van der Waals surface area contributed by atoms with Gasteiger partial charge in [-0.05, 0) is 61.2 Å². The molecule has 4 aliphatic carbocycles. The van der Waals surface area contributed by atoms with Crippen molar-refractivity contribution in [3.63, 3.8) is 0 Å². The van der Waals surface area contributed by atoms with Gasteiger partial charge in [0.2, 0.25) is 11.8 Å². The standard InChI is InChI=1S/C28H40N2O5/c31-27(19-34-17-25-21-9-5-1-2-6-10-22(21)25)29-13-15-33-16-14-30-28(32)20-35-18-26-23-11-7-3-4-8-12-24(23)26/h21-26H,5-20H2,(H,29,31)(H,30,32). The van der Waals surface area contributed by atoms with E-state index in [4.69, 9.17) is 14.2 Å². The molecule has 0 bridgehead atoms. The highest BCUT2D eigenvalue weighted by Crippen LogP contribution is 2.53. The van der Waals surface area contributed by atoms with Gasteiger partial charge in [0.05, 0.1) is 26.4 Å². The molecule has 0 saturated heterocycles. The fourth-order valence-electron chi connectivity index (χ4n) is 5.87. The van der Waals surface area contributed by atoms with E-state index in [2.05, 4.69) is 34.3 Å². The molecule has 7 nitrogen and oxygen atoms in total. The van der Waals surface area contributed by atoms with E-state index in [1.54, 1.807) is 0 Å². The van der Waals surface area contributed by atoms with Crippen molar-refractivity contribution in [1.82, 2.24) is 10.6 Å². The summed E-state index contributed by atoms with van der Waals surface area (Å²) in [6.07, 6.45) is 8.64. The zero-order valence-electron chi connectivity index (χ0n) is 20.8. The van der Waals surface area contributed by atoms with Crippen LogP contribution in [-0.4, -0.2) is 64.5 Å². The molecule has 0 radical (unpaired) electrons. The number of carbonyl (C=O) groups excluding carboxylic acids is 2. The summed E-state index contributed by atoms with van der Waals surface area (Å²) in [5.41, 5.74) is 0. The summed E-state index contributed by atoms with van der Waals surface area (Å²) >= 11 is 0. The van der Waals surface area contributed by atoms with Gasteiger partial charge in [-0.25, -0.2) is 0 Å². The van der Waals surface area contributed by atoms with Crippen LogP contribution in [0.15, 0.2) is 0 Å². The number of hydrogen-bond donors (Lipinski definition) is 2. The smallest absolute Gasteiger partial charge is 0.246 e. The van der Waals surface area contributed by atoms with E-state index in [1.165, 1.54) is 25.7 Å². The SMILES string of the molecule is O=C(COCC1C2CCC#CCCC21)NCCOCCNC(=O)COCC1C2CCC#CCCC21. The Kier molecular flexibility index (Phi) is 10.3. The Hall–Kier alpha value is -2.06. The Balaban J connectivity index is 0.916. The second-order valence-corrected chi connectivity index (χ2v) is 10.2. The monoisotopic (exact) mass is 484 g/mol. The van der Waals surface area contributed by atoms with Gasteiger partial charge < -0.3 is 24.8 Å². The first-order chi connectivity index (χ1) is 17.2. The topological polar surface area (TPSA) is 85.9 Å². The molecule has 0 heterocycles. The van der Waals surface area contributed by atoms with Gasteiger partial charge in [0.25, 0.3) is 0 Å². The minimum Gasteiger partial charge on any atom is -0.378 e. The molecular weight excluding hydrogens is 444 g/mol. The predicted molar refractivity (Wildman–Crippen MR) is 132 cm³/mol. The second kappa shape index (κ2) is 13.9. The van der Waals surface area contributed by atoms with Crippen LogP contribution in [0.25, 0.3) is 0 Å². The Morgan fingerprint density at radius 3 is 1.34 bits per heavy atom. The van der Waals surface area contributed by atoms with Gasteiger partial charge in [-0.3, -0.25) is 9.59 Å². The van der Waals surface area contributed by atoms with Crippen molar-refractivity contribution in [3.8, 4) is 23.7 Å². The van der Waals surface area contributed by atoms with E-state index in [0.717, 1.165) is 49.4 Å². The lowest BCUT2D eigenvalue weighted by atomic mass is 10.1. The van der Waals surface area contributed by atoms with E-state index < -0.39 is 0 Å². The molecule has 2 saturated carbocycles. The van der Waals surface area contributed by atoms with Crippen molar-refractivity contribution in [1.29, 1.82) is 0 Å². The third-order valence-electron chi connectivity index (χ3n) is 7.90. The maximum atomic E-state index is 11.9. The molecule has 0 spiro atoms. The maximum absolute atomic E-state index is 11.9. The van der Waals surface area contributed by atoms with Crippen molar-refractivity contribution < 1.29 is 23.8 Å². The summed E-state index contributed by atoms with van der Waals surface area (Å²) in [7, 11) is 0. The van der Waals surface area contributed by atoms with Gasteiger partial charge in [0.1, 0.15) is 13.2 Å². The van der Waals surface area contributed by atoms with E-state index in [9.17, 15) is 9.59 Å². The molecule has 7 heteroatoms. The third-order valence-corrected chi connectivity index (χ3v) is 7.90. The molecule has 0 aromatic rings. The number of amides is 2. The van der Waals surface area contributed by atoms with Crippen LogP contribution < -0.4 is 10.6 Å². The van der Waals surface area contributed by atoms with Crippen LogP contribution in [0.3, 0.4) is 0 Å². The van der Waals surface area contributed by atoms with Crippen molar-refractivity contribution in [2.75, 3.05) is 52.7 Å². The molecule has 4 aliphatic rings. The first-order valence-electron chi connectivity index (χ1n) is 13.4. The number of nitrogens with one attached hydrogen (secondary N) is 2. The molecule has 0 aromatic heterocycles. The van der Waals surface area contributed by atoms with E-state index in [1.807, 2.05) is 0 Å². The molecule has 2 N–H and O–H groups in total. The van der Waals surface area contributed by atoms with Crippen LogP contribution in [0, 0.1) is 59.2 Å². The molecular formula is C28H40N2O5. The van der Waals surface area contributed by atoms with Gasteiger partial charge in [-0.1, -0.05) is 0 Å². The van der Waals surface area contributed by atoms with Gasteiger partial charge >= 0.3 is 0 Å². The first-order valence-corrected chi connectivity index (χ1v) is 13.4. The maximum Gasteiger partial charge on any atom is 0.246 e. The van der Waals surface area contributed by atoms with E-state index >= 15 is 0 Å². The highest BCUT2D eigenvalue weighted by Gasteiger charge is 2.49. The molecule has 4 unspecified atom stereocenters. The largest absolute Gasteiger partial charge is 0.378 e. The molecule has 0 aromatic carbocycles. The summed E-state index contributed by atoms with van der Waals surface area (Å²) in [4.78, 5) is 23.9. The molecule has 192 valence electrons. The highest BCUT2D eigenvalue weighted by molar-refractivity contribution is 5.77. The van der Waals surface area contributed by atoms with Crippen LogP contribution in [0.5, 0.6) is 0 Å². The Morgan fingerprint density at radius 1 is 0.600 bits per heavy atom. The van der Waals surface area contributed by atoms with E-state index in [0.29, 0.717) is 51.4 Å². The quantitative estimate of drug-likeness (QED) is 0.292. The lowest BCUT2D eigenvalue weighted by molar-refractivity contribution is -0.126. The minimum absolute atomic E-state index is 0.0959. The average molecular weight is 485 g/mol. The fourth-order valence-corrected chi connectivity index (χ4v) is 5.87. The second-order valence-electron chi connectivity index (χ2n) is 10.2. The average Bonchev–Trinajstić information content (AvgIpc) is 3.66. The van der Waals surface area contributed by atoms with Crippen molar-refractivity contribution in [3.05, 3.63) is 0 Å². The zero-order chi connectivity index (χ0) is 24.3. The number of ether oxygens (including phenoxy) is 3. The fraction of sp³-hybridized carbons (Fsp3) is 0.786. The number of hydrogen-bond acceptors (Lipinski definition) is 5. The Bertz CT molecular complexity index is 734. The van der Waals surface area contributed by atoms with Gasteiger partial charge in [0, 0.05) is 38.8 Å². The lowest BCUT2D eigenvalue weighted by Gasteiger charge is -2.09. The molecule has 0 aliphatic heterocycles. The highest BCUT2D eigenvalue weighted by atomic mass is 16.5. The van der Waals surface area contributed by atoms with Crippen LogP contribution in [0.2, 0.25) is 0 Å². The molecule has 4 atom stereocenters.